The lowest BCUT2D eigenvalue weighted by molar-refractivity contribution is -0.143. The van der Waals surface area contributed by atoms with E-state index in [0.717, 1.165) is 9.99 Å². The summed E-state index contributed by atoms with van der Waals surface area (Å²) >= 11 is 0. The summed E-state index contributed by atoms with van der Waals surface area (Å²) in [5.41, 5.74) is -2.55. The molecule has 1 aliphatic rings. The zero-order valence-corrected chi connectivity index (χ0v) is 17.0. The molecule has 170 valence electrons. The molecule has 0 aromatic heterocycles. The Kier molecular flexibility index (Phi) is 6.16. The number of hydrogen-bond acceptors (Lipinski definition) is 4. The molecule has 1 aliphatic heterocycles. The lowest BCUT2D eigenvalue weighted by atomic mass is 10.1. The van der Waals surface area contributed by atoms with Gasteiger partial charge in [-0.1, -0.05) is 0 Å². The van der Waals surface area contributed by atoms with Crippen molar-refractivity contribution in [2.75, 3.05) is 38.2 Å². The van der Waals surface area contributed by atoms with E-state index in [1.807, 2.05) is 4.90 Å². The number of methoxy groups -OCH3 is 1. The molecule has 0 amide bonds. The van der Waals surface area contributed by atoms with Gasteiger partial charge >= 0.3 is 12.4 Å². The standard InChI is InChI=1S/C19H18F6N2O3S/c1-30-16-4-2-15(3-5-16)26-6-8-27(9-7-26)31(28,29)17-11-13(18(20,21)22)10-14(12-17)19(23,24)25/h2-5,10-12H,6-9H2,1H3. The lowest BCUT2D eigenvalue weighted by Crippen LogP contribution is -2.48. The molecule has 0 atom stereocenters. The minimum atomic E-state index is -5.13. The van der Waals surface area contributed by atoms with Gasteiger partial charge in [0.15, 0.2) is 0 Å². The van der Waals surface area contributed by atoms with Crippen LogP contribution in [0.15, 0.2) is 47.4 Å². The molecule has 0 bridgehead atoms. The molecule has 0 unspecified atom stereocenters. The second-order valence-electron chi connectivity index (χ2n) is 6.83. The van der Waals surface area contributed by atoms with Gasteiger partial charge in [0.05, 0.1) is 23.1 Å². The number of sulfonamides is 1. The van der Waals surface area contributed by atoms with Crippen molar-refractivity contribution in [3.8, 4) is 5.75 Å². The third-order valence-corrected chi connectivity index (χ3v) is 6.75. The highest BCUT2D eigenvalue weighted by Gasteiger charge is 2.39. The number of rotatable bonds is 4. The summed E-state index contributed by atoms with van der Waals surface area (Å²) in [6, 6.07) is 7.36. The van der Waals surface area contributed by atoms with Gasteiger partial charge in [-0.2, -0.15) is 30.6 Å². The van der Waals surface area contributed by atoms with E-state index >= 15 is 0 Å². The van der Waals surface area contributed by atoms with Gasteiger partial charge in [0.1, 0.15) is 5.75 Å². The minimum Gasteiger partial charge on any atom is -0.497 e. The molecule has 1 heterocycles. The molecule has 0 spiro atoms. The summed E-state index contributed by atoms with van der Waals surface area (Å²) in [6.07, 6.45) is -10.3. The van der Waals surface area contributed by atoms with Crippen molar-refractivity contribution in [3.63, 3.8) is 0 Å². The van der Waals surface area contributed by atoms with E-state index in [9.17, 15) is 34.8 Å². The number of ether oxygens (including phenoxy) is 1. The van der Waals surface area contributed by atoms with Gasteiger partial charge in [0.25, 0.3) is 0 Å². The second-order valence-corrected chi connectivity index (χ2v) is 8.77. The minimum absolute atomic E-state index is 0.0913. The van der Waals surface area contributed by atoms with E-state index in [2.05, 4.69) is 0 Å². The van der Waals surface area contributed by atoms with Crippen LogP contribution in [0.25, 0.3) is 0 Å². The summed E-state index contributed by atoms with van der Waals surface area (Å²) < 4.78 is 110. The van der Waals surface area contributed by atoms with Crippen LogP contribution in [-0.2, 0) is 22.4 Å². The largest absolute Gasteiger partial charge is 0.497 e. The van der Waals surface area contributed by atoms with Crippen molar-refractivity contribution < 1.29 is 39.5 Å². The van der Waals surface area contributed by atoms with E-state index in [1.54, 1.807) is 24.3 Å². The molecule has 1 fully saturated rings. The van der Waals surface area contributed by atoms with Gasteiger partial charge in [0, 0.05) is 31.9 Å². The fourth-order valence-corrected chi connectivity index (χ4v) is 4.70. The Morgan fingerprint density at radius 1 is 0.806 bits per heavy atom. The number of hydrogen-bond donors (Lipinski definition) is 0. The fraction of sp³-hybridized carbons (Fsp3) is 0.368. The zero-order chi connectivity index (χ0) is 23.0. The number of nitrogens with zero attached hydrogens (tertiary/aromatic N) is 2. The Balaban J connectivity index is 1.85. The maximum Gasteiger partial charge on any atom is 0.416 e. The Morgan fingerprint density at radius 2 is 1.29 bits per heavy atom. The highest BCUT2D eigenvalue weighted by Crippen LogP contribution is 2.38. The molecule has 3 rings (SSSR count). The first-order valence-corrected chi connectivity index (χ1v) is 10.4. The van der Waals surface area contributed by atoms with Crippen molar-refractivity contribution in [2.24, 2.45) is 0 Å². The summed E-state index contributed by atoms with van der Waals surface area (Å²) in [5, 5.41) is 0. The number of piperazine rings is 1. The normalized spacial score (nSPS) is 16.4. The molecule has 5 nitrogen and oxygen atoms in total. The predicted molar refractivity (Wildman–Crippen MR) is 100 cm³/mol. The summed E-state index contributed by atoms with van der Waals surface area (Å²) in [7, 11) is -3.05. The first-order valence-electron chi connectivity index (χ1n) is 9.01. The zero-order valence-electron chi connectivity index (χ0n) is 16.2. The Bertz CT molecular complexity index is 996. The summed E-state index contributed by atoms with van der Waals surface area (Å²) in [5.74, 6) is 0.634. The Labute approximate surface area is 174 Å². The molecule has 2 aromatic carbocycles. The Hall–Kier alpha value is -2.47. The van der Waals surface area contributed by atoms with Crippen LogP contribution < -0.4 is 9.64 Å². The molecule has 2 aromatic rings. The molecule has 0 aliphatic carbocycles. The monoisotopic (exact) mass is 468 g/mol. The number of alkyl halides is 6. The van der Waals surface area contributed by atoms with Crippen LogP contribution in [0, 0.1) is 0 Å². The van der Waals surface area contributed by atoms with Crippen LogP contribution in [0.4, 0.5) is 32.0 Å². The number of halogens is 6. The van der Waals surface area contributed by atoms with Crippen LogP contribution in [-0.4, -0.2) is 46.0 Å². The topological polar surface area (TPSA) is 49.9 Å². The maximum absolute atomic E-state index is 13.1. The van der Waals surface area contributed by atoms with E-state index < -0.39 is 38.4 Å². The van der Waals surface area contributed by atoms with Crippen LogP contribution in [0.5, 0.6) is 5.75 Å². The molecule has 31 heavy (non-hydrogen) atoms. The smallest absolute Gasteiger partial charge is 0.416 e. The second kappa shape index (κ2) is 8.23. The maximum atomic E-state index is 13.1. The van der Waals surface area contributed by atoms with Crippen LogP contribution in [0.1, 0.15) is 11.1 Å². The predicted octanol–water partition coefficient (Wildman–Crippen LogP) is 4.24. The van der Waals surface area contributed by atoms with Gasteiger partial charge in [-0.25, -0.2) is 8.42 Å². The lowest BCUT2D eigenvalue weighted by Gasteiger charge is -2.35. The van der Waals surface area contributed by atoms with Crippen molar-refractivity contribution in [2.45, 2.75) is 17.2 Å². The van der Waals surface area contributed by atoms with Crippen LogP contribution in [0.3, 0.4) is 0 Å². The molecule has 0 N–H and O–H groups in total. The van der Waals surface area contributed by atoms with Crippen molar-refractivity contribution >= 4 is 15.7 Å². The highest BCUT2D eigenvalue weighted by molar-refractivity contribution is 7.89. The average Bonchev–Trinajstić information content (AvgIpc) is 2.72. The molecular weight excluding hydrogens is 450 g/mol. The Morgan fingerprint density at radius 3 is 1.71 bits per heavy atom. The van der Waals surface area contributed by atoms with E-state index in [0.29, 0.717) is 5.75 Å². The van der Waals surface area contributed by atoms with Crippen LogP contribution >= 0.6 is 0 Å². The van der Waals surface area contributed by atoms with Crippen LogP contribution in [0.2, 0.25) is 0 Å². The van der Waals surface area contributed by atoms with Crippen molar-refractivity contribution in [1.82, 2.24) is 4.31 Å². The van der Waals surface area contributed by atoms with E-state index in [-0.39, 0.29) is 44.4 Å². The van der Waals surface area contributed by atoms with E-state index in [4.69, 9.17) is 4.74 Å². The molecule has 0 radical (unpaired) electrons. The number of anilines is 1. The summed E-state index contributed by atoms with van der Waals surface area (Å²) in [4.78, 5) is 0.825. The molecule has 0 saturated carbocycles. The molecular formula is C19H18F6N2O3S. The van der Waals surface area contributed by atoms with Gasteiger partial charge in [-0.05, 0) is 42.5 Å². The van der Waals surface area contributed by atoms with Crippen molar-refractivity contribution in [3.05, 3.63) is 53.6 Å². The fourth-order valence-electron chi connectivity index (χ4n) is 3.20. The SMILES string of the molecule is COc1ccc(N2CCN(S(=O)(=O)c3cc(C(F)(F)F)cc(C(F)(F)F)c3)CC2)cc1. The van der Waals surface area contributed by atoms with Gasteiger partial charge < -0.3 is 9.64 Å². The summed E-state index contributed by atoms with van der Waals surface area (Å²) in [6.45, 7) is 0.255. The molecule has 1 saturated heterocycles. The molecule has 12 heteroatoms. The van der Waals surface area contributed by atoms with E-state index in [1.165, 1.54) is 7.11 Å². The van der Waals surface area contributed by atoms with Gasteiger partial charge in [0.2, 0.25) is 10.0 Å². The quantitative estimate of drug-likeness (QED) is 0.630. The first-order chi connectivity index (χ1) is 14.3. The third kappa shape index (κ3) is 5.06. The third-order valence-electron chi connectivity index (χ3n) is 4.88. The first kappa shape index (κ1) is 23.2. The van der Waals surface area contributed by atoms with Gasteiger partial charge in [-0.3, -0.25) is 0 Å². The van der Waals surface area contributed by atoms with Gasteiger partial charge in [-0.15, -0.1) is 0 Å². The average molecular weight is 468 g/mol. The number of benzene rings is 2. The highest BCUT2D eigenvalue weighted by atomic mass is 32.2. The van der Waals surface area contributed by atoms with Crippen molar-refractivity contribution in [1.29, 1.82) is 0 Å².